The van der Waals surface area contributed by atoms with Gasteiger partial charge in [0.15, 0.2) is 0 Å². The molecule has 1 aromatic carbocycles. The van der Waals surface area contributed by atoms with Crippen molar-refractivity contribution in [1.82, 2.24) is 5.32 Å². The molecule has 4 heteroatoms. The van der Waals surface area contributed by atoms with Crippen LogP contribution in [0.4, 0.5) is 0 Å². The maximum atomic E-state index is 11.8. The molecule has 0 spiro atoms. The topological polar surface area (TPSA) is 47.6 Å². The quantitative estimate of drug-likeness (QED) is 0.817. The number of esters is 1. The van der Waals surface area contributed by atoms with Gasteiger partial charge in [0, 0.05) is 6.04 Å². The first-order valence-corrected chi connectivity index (χ1v) is 7.81. The Morgan fingerprint density at radius 2 is 2.14 bits per heavy atom. The van der Waals surface area contributed by atoms with E-state index in [4.69, 9.17) is 9.47 Å². The molecule has 1 aromatic rings. The summed E-state index contributed by atoms with van der Waals surface area (Å²) in [4.78, 5) is 11.8. The average Bonchev–Trinajstić information content (AvgIpc) is 3.34. The molecular formula is C17H23NO3. The Labute approximate surface area is 125 Å². The van der Waals surface area contributed by atoms with Gasteiger partial charge >= 0.3 is 5.97 Å². The molecule has 114 valence electrons. The molecule has 2 aliphatic rings. The number of ether oxygens (including phenoxy) is 2. The van der Waals surface area contributed by atoms with Crippen molar-refractivity contribution in [2.24, 2.45) is 0 Å². The van der Waals surface area contributed by atoms with Crippen molar-refractivity contribution in [2.75, 3.05) is 13.7 Å². The van der Waals surface area contributed by atoms with Crippen molar-refractivity contribution in [3.05, 3.63) is 35.4 Å². The van der Waals surface area contributed by atoms with Crippen molar-refractivity contribution in [3.63, 3.8) is 0 Å². The van der Waals surface area contributed by atoms with Crippen LogP contribution in [0.15, 0.2) is 24.3 Å². The predicted octanol–water partition coefficient (Wildman–Crippen LogP) is 2.37. The van der Waals surface area contributed by atoms with Gasteiger partial charge in [0.05, 0.1) is 19.8 Å². The SMILES string of the molecule is COC(=O)C(COC1CCCc2ccccc21)NC1CC1. The van der Waals surface area contributed by atoms with E-state index in [-0.39, 0.29) is 18.1 Å². The highest BCUT2D eigenvalue weighted by molar-refractivity contribution is 5.75. The molecule has 21 heavy (non-hydrogen) atoms. The van der Waals surface area contributed by atoms with Crippen LogP contribution in [0.25, 0.3) is 0 Å². The van der Waals surface area contributed by atoms with Gasteiger partial charge in [-0.25, -0.2) is 0 Å². The molecule has 0 amide bonds. The fourth-order valence-electron chi connectivity index (χ4n) is 2.96. The van der Waals surface area contributed by atoms with Crippen molar-refractivity contribution >= 4 is 5.97 Å². The fourth-order valence-corrected chi connectivity index (χ4v) is 2.96. The highest BCUT2D eigenvalue weighted by Gasteiger charge is 2.30. The van der Waals surface area contributed by atoms with Crippen molar-refractivity contribution in [1.29, 1.82) is 0 Å². The molecule has 3 rings (SSSR count). The lowest BCUT2D eigenvalue weighted by Gasteiger charge is -2.27. The van der Waals surface area contributed by atoms with Gasteiger partial charge < -0.3 is 9.47 Å². The van der Waals surface area contributed by atoms with Crippen molar-refractivity contribution in [2.45, 2.75) is 50.3 Å². The van der Waals surface area contributed by atoms with E-state index in [2.05, 4.69) is 29.6 Å². The third-order valence-electron chi connectivity index (χ3n) is 4.28. The van der Waals surface area contributed by atoms with Crippen LogP contribution in [0.3, 0.4) is 0 Å². The van der Waals surface area contributed by atoms with Crippen LogP contribution in [-0.2, 0) is 20.7 Å². The van der Waals surface area contributed by atoms with Gasteiger partial charge in [-0.2, -0.15) is 0 Å². The van der Waals surface area contributed by atoms with Gasteiger partial charge in [-0.1, -0.05) is 24.3 Å². The number of hydrogen-bond acceptors (Lipinski definition) is 4. The summed E-state index contributed by atoms with van der Waals surface area (Å²) in [7, 11) is 1.43. The van der Waals surface area contributed by atoms with Gasteiger partial charge in [0.2, 0.25) is 0 Å². The summed E-state index contributed by atoms with van der Waals surface area (Å²) >= 11 is 0. The van der Waals surface area contributed by atoms with Crippen LogP contribution in [0.5, 0.6) is 0 Å². The Morgan fingerprint density at radius 1 is 1.33 bits per heavy atom. The summed E-state index contributed by atoms with van der Waals surface area (Å²) in [6.45, 7) is 0.377. The molecular weight excluding hydrogens is 266 g/mol. The maximum absolute atomic E-state index is 11.8. The Morgan fingerprint density at radius 3 is 2.90 bits per heavy atom. The monoisotopic (exact) mass is 289 g/mol. The molecule has 2 unspecified atom stereocenters. The van der Waals surface area contributed by atoms with Gasteiger partial charge in [-0.3, -0.25) is 10.1 Å². The van der Waals surface area contributed by atoms with E-state index in [1.807, 2.05) is 0 Å². The number of nitrogens with one attached hydrogen (secondary N) is 1. The number of carbonyl (C=O) groups excluding carboxylic acids is 1. The number of carbonyl (C=O) groups is 1. The molecule has 1 N–H and O–H groups in total. The minimum Gasteiger partial charge on any atom is -0.468 e. The first kappa shape index (κ1) is 14.5. The Hall–Kier alpha value is -1.39. The summed E-state index contributed by atoms with van der Waals surface area (Å²) in [5.74, 6) is -0.231. The largest absolute Gasteiger partial charge is 0.468 e. The number of benzene rings is 1. The lowest BCUT2D eigenvalue weighted by molar-refractivity contribution is -0.145. The molecule has 4 nitrogen and oxygen atoms in total. The standard InChI is InChI=1S/C17H23NO3/c1-20-17(19)15(18-13-9-10-13)11-21-16-8-4-6-12-5-2-3-7-14(12)16/h2-3,5,7,13,15-16,18H,4,6,8-11H2,1H3. The second-order valence-electron chi connectivity index (χ2n) is 5.93. The number of methoxy groups -OCH3 is 1. The van der Waals surface area contributed by atoms with Gasteiger partial charge in [0.25, 0.3) is 0 Å². The Bertz CT molecular complexity index is 499. The normalized spacial score (nSPS) is 22.4. The van der Waals surface area contributed by atoms with Crippen LogP contribution < -0.4 is 5.32 Å². The van der Waals surface area contributed by atoms with Crippen LogP contribution in [0, 0.1) is 0 Å². The average molecular weight is 289 g/mol. The zero-order chi connectivity index (χ0) is 14.7. The molecule has 1 fully saturated rings. The number of rotatable bonds is 6. The van der Waals surface area contributed by atoms with Crippen LogP contribution in [0.1, 0.15) is 42.9 Å². The van der Waals surface area contributed by atoms with Gasteiger partial charge in [-0.15, -0.1) is 0 Å². The third-order valence-corrected chi connectivity index (χ3v) is 4.28. The molecule has 2 aliphatic carbocycles. The predicted molar refractivity (Wildman–Crippen MR) is 80.0 cm³/mol. The second kappa shape index (κ2) is 6.58. The maximum Gasteiger partial charge on any atom is 0.325 e. The summed E-state index contributed by atoms with van der Waals surface area (Å²) in [5.41, 5.74) is 2.65. The molecule has 0 heterocycles. The van der Waals surface area contributed by atoms with Crippen LogP contribution in [0.2, 0.25) is 0 Å². The molecule has 0 bridgehead atoms. The molecule has 0 radical (unpaired) electrons. The Kier molecular flexibility index (Phi) is 4.56. The first-order chi connectivity index (χ1) is 10.3. The molecule has 0 saturated heterocycles. The lowest BCUT2D eigenvalue weighted by Crippen LogP contribution is -2.43. The highest BCUT2D eigenvalue weighted by atomic mass is 16.5. The van der Waals surface area contributed by atoms with E-state index in [0.717, 1.165) is 32.1 Å². The molecule has 0 aromatic heterocycles. The van der Waals surface area contributed by atoms with Crippen LogP contribution >= 0.6 is 0 Å². The molecule has 1 saturated carbocycles. The fraction of sp³-hybridized carbons (Fsp3) is 0.588. The van der Waals surface area contributed by atoms with Gasteiger partial charge in [0.1, 0.15) is 6.04 Å². The van der Waals surface area contributed by atoms with Crippen molar-refractivity contribution in [3.8, 4) is 0 Å². The molecule has 2 atom stereocenters. The smallest absolute Gasteiger partial charge is 0.325 e. The Balaban J connectivity index is 1.62. The highest BCUT2D eigenvalue weighted by Crippen LogP contribution is 2.32. The minimum atomic E-state index is -0.350. The van der Waals surface area contributed by atoms with Crippen LogP contribution in [-0.4, -0.2) is 31.8 Å². The third kappa shape index (κ3) is 3.63. The van der Waals surface area contributed by atoms with Crippen molar-refractivity contribution < 1.29 is 14.3 Å². The first-order valence-electron chi connectivity index (χ1n) is 7.81. The van der Waals surface area contributed by atoms with E-state index in [1.165, 1.54) is 18.2 Å². The number of fused-ring (bicyclic) bond motifs is 1. The summed E-state index contributed by atoms with van der Waals surface area (Å²) in [6.07, 6.45) is 5.66. The van der Waals surface area contributed by atoms with E-state index in [1.54, 1.807) is 0 Å². The number of hydrogen-bond donors (Lipinski definition) is 1. The minimum absolute atomic E-state index is 0.100. The zero-order valence-electron chi connectivity index (χ0n) is 12.5. The summed E-state index contributed by atoms with van der Waals surface area (Å²) in [5, 5.41) is 3.31. The zero-order valence-corrected chi connectivity index (χ0v) is 12.5. The summed E-state index contributed by atoms with van der Waals surface area (Å²) < 4.78 is 10.9. The van der Waals surface area contributed by atoms with E-state index < -0.39 is 0 Å². The number of aryl methyl sites for hydroxylation is 1. The van der Waals surface area contributed by atoms with E-state index in [9.17, 15) is 4.79 Å². The van der Waals surface area contributed by atoms with E-state index >= 15 is 0 Å². The van der Waals surface area contributed by atoms with E-state index in [0.29, 0.717) is 12.6 Å². The summed E-state index contributed by atoms with van der Waals surface area (Å²) in [6, 6.07) is 8.55. The second-order valence-corrected chi connectivity index (χ2v) is 5.93. The molecule has 0 aliphatic heterocycles. The lowest BCUT2D eigenvalue weighted by atomic mass is 9.89. The van der Waals surface area contributed by atoms with Gasteiger partial charge in [-0.05, 0) is 43.2 Å².